The highest BCUT2D eigenvalue weighted by Gasteiger charge is 2.15. The van der Waals surface area contributed by atoms with Crippen molar-refractivity contribution < 1.29 is 13.6 Å². The SMILES string of the molecule is CCc1ccsc1C(=O)c1cc(F)cc(F)c1. The second-order valence-corrected chi connectivity index (χ2v) is 4.53. The Morgan fingerprint density at radius 2 is 1.88 bits per heavy atom. The molecule has 4 heteroatoms. The van der Waals surface area contributed by atoms with E-state index in [1.165, 1.54) is 11.3 Å². The van der Waals surface area contributed by atoms with Gasteiger partial charge in [0, 0.05) is 11.6 Å². The van der Waals surface area contributed by atoms with Gasteiger partial charge in [-0.25, -0.2) is 8.78 Å². The van der Waals surface area contributed by atoms with Gasteiger partial charge in [0.05, 0.1) is 4.88 Å². The number of aryl methyl sites for hydroxylation is 1. The van der Waals surface area contributed by atoms with Crippen LogP contribution in [0.4, 0.5) is 8.78 Å². The fraction of sp³-hybridized carbons (Fsp3) is 0.154. The first kappa shape index (κ1) is 11.9. The van der Waals surface area contributed by atoms with E-state index in [4.69, 9.17) is 0 Å². The van der Waals surface area contributed by atoms with Gasteiger partial charge in [0.1, 0.15) is 11.6 Å². The minimum absolute atomic E-state index is 0.0552. The molecule has 0 saturated carbocycles. The zero-order valence-electron chi connectivity index (χ0n) is 9.17. The largest absolute Gasteiger partial charge is 0.288 e. The normalized spacial score (nSPS) is 10.5. The Morgan fingerprint density at radius 3 is 2.47 bits per heavy atom. The Labute approximate surface area is 102 Å². The number of hydrogen-bond acceptors (Lipinski definition) is 2. The fourth-order valence-corrected chi connectivity index (χ4v) is 2.59. The van der Waals surface area contributed by atoms with E-state index in [9.17, 15) is 13.6 Å². The lowest BCUT2D eigenvalue weighted by Gasteiger charge is -2.02. The van der Waals surface area contributed by atoms with Gasteiger partial charge in [-0.05, 0) is 35.6 Å². The molecule has 0 spiro atoms. The molecule has 0 aliphatic carbocycles. The molecule has 1 aromatic carbocycles. The summed E-state index contributed by atoms with van der Waals surface area (Å²) in [5, 5.41) is 1.81. The van der Waals surface area contributed by atoms with Crippen LogP contribution in [-0.2, 0) is 6.42 Å². The van der Waals surface area contributed by atoms with Gasteiger partial charge in [0.15, 0.2) is 0 Å². The molecule has 0 bridgehead atoms. The van der Waals surface area contributed by atoms with Gasteiger partial charge < -0.3 is 0 Å². The maximum atomic E-state index is 13.0. The Bertz CT molecular complexity index is 540. The highest BCUT2D eigenvalue weighted by molar-refractivity contribution is 7.12. The van der Waals surface area contributed by atoms with Crippen LogP contribution in [0.1, 0.15) is 27.7 Å². The molecule has 88 valence electrons. The number of thiophene rings is 1. The molecular weight excluding hydrogens is 242 g/mol. The maximum absolute atomic E-state index is 13.0. The standard InChI is InChI=1S/C13H10F2OS/c1-2-8-3-4-17-13(8)12(16)9-5-10(14)7-11(15)6-9/h3-7H,2H2,1H3. The summed E-state index contributed by atoms with van der Waals surface area (Å²) in [6.45, 7) is 1.94. The van der Waals surface area contributed by atoms with Crippen molar-refractivity contribution in [1.82, 2.24) is 0 Å². The van der Waals surface area contributed by atoms with Crippen molar-refractivity contribution in [1.29, 1.82) is 0 Å². The summed E-state index contributed by atoms with van der Waals surface area (Å²) in [6, 6.07) is 4.73. The van der Waals surface area contributed by atoms with Crippen LogP contribution >= 0.6 is 11.3 Å². The Kier molecular flexibility index (Phi) is 3.33. The third-order valence-corrected chi connectivity index (χ3v) is 3.41. The average molecular weight is 252 g/mol. The summed E-state index contributed by atoms with van der Waals surface area (Å²) in [4.78, 5) is 12.6. The van der Waals surface area contributed by atoms with Gasteiger partial charge in [0.2, 0.25) is 5.78 Å². The van der Waals surface area contributed by atoms with E-state index in [0.717, 1.165) is 30.2 Å². The predicted molar refractivity (Wildman–Crippen MR) is 63.5 cm³/mol. The summed E-state index contributed by atoms with van der Waals surface area (Å²) < 4.78 is 26.0. The molecule has 0 saturated heterocycles. The Balaban J connectivity index is 2.43. The van der Waals surface area contributed by atoms with Crippen molar-refractivity contribution in [2.75, 3.05) is 0 Å². The number of rotatable bonds is 3. The van der Waals surface area contributed by atoms with Crippen molar-refractivity contribution in [2.24, 2.45) is 0 Å². The van der Waals surface area contributed by atoms with Crippen LogP contribution in [0.3, 0.4) is 0 Å². The molecule has 0 radical (unpaired) electrons. The van der Waals surface area contributed by atoms with E-state index in [1.54, 1.807) is 0 Å². The minimum atomic E-state index is -0.733. The van der Waals surface area contributed by atoms with Gasteiger partial charge in [-0.2, -0.15) is 0 Å². The molecule has 0 aliphatic rings. The fourth-order valence-electron chi connectivity index (χ4n) is 1.63. The predicted octanol–water partition coefficient (Wildman–Crippen LogP) is 3.82. The summed E-state index contributed by atoms with van der Waals surface area (Å²) in [5.41, 5.74) is 0.962. The number of ketones is 1. The molecule has 0 aliphatic heterocycles. The van der Waals surface area contributed by atoms with Gasteiger partial charge in [-0.1, -0.05) is 6.92 Å². The number of halogens is 2. The molecule has 0 fully saturated rings. The van der Waals surface area contributed by atoms with Crippen molar-refractivity contribution in [3.8, 4) is 0 Å². The lowest BCUT2D eigenvalue weighted by Crippen LogP contribution is -2.03. The first-order valence-electron chi connectivity index (χ1n) is 5.19. The zero-order valence-corrected chi connectivity index (χ0v) is 9.98. The lowest BCUT2D eigenvalue weighted by molar-refractivity contribution is 0.104. The molecule has 17 heavy (non-hydrogen) atoms. The first-order valence-corrected chi connectivity index (χ1v) is 6.07. The lowest BCUT2D eigenvalue weighted by atomic mass is 10.1. The van der Waals surface area contributed by atoms with Gasteiger partial charge >= 0.3 is 0 Å². The smallest absolute Gasteiger partial charge is 0.203 e. The quantitative estimate of drug-likeness (QED) is 0.759. The highest BCUT2D eigenvalue weighted by atomic mass is 32.1. The second kappa shape index (κ2) is 4.75. The van der Waals surface area contributed by atoms with Crippen LogP contribution in [0.15, 0.2) is 29.6 Å². The van der Waals surface area contributed by atoms with Crippen molar-refractivity contribution >= 4 is 17.1 Å². The first-order chi connectivity index (χ1) is 8.11. The van der Waals surface area contributed by atoms with Crippen LogP contribution in [-0.4, -0.2) is 5.78 Å². The molecular formula is C13H10F2OS. The molecule has 1 heterocycles. The average Bonchev–Trinajstić information content (AvgIpc) is 2.74. The molecule has 1 aromatic heterocycles. The Morgan fingerprint density at radius 1 is 1.24 bits per heavy atom. The third-order valence-electron chi connectivity index (χ3n) is 2.46. The van der Waals surface area contributed by atoms with Gasteiger partial charge in [0.25, 0.3) is 0 Å². The molecule has 0 unspecified atom stereocenters. The van der Waals surface area contributed by atoms with Crippen molar-refractivity contribution in [3.05, 3.63) is 57.3 Å². The second-order valence-electron chi connectivity index (χ2n) is 3.62. The molecule has 1 nitrogen and oxygen atoms in total. The summed E-state index contributed by atoms with van der Waals surface area (Å²) >= 11 is 1.29. The molecule has 2 aromatic rings. The van der Waals surface area contributed by atoms with Crippen molar-refractivity contribution in [3.63, 3.8) is 0 Å². The molecule has 2 rings (SSSR count). The van der Waals surface area contributed by atoms with E-state index < -0.39 is 11.6 Å². The van der Waals surface area contributed by atoms with E-state index in [1.807, 2.05) is 18.4 Å². The monoisotopic (exact) mass is 252 g/mol. The minimum Gasteiger partial charge on any atom is -0.288 e. The van der Waals surface area contributed by atoms with E-state index in [2.05, 4.69) is 0 Å². The van der Waals surface area contributed by atoms with Gasteiger partial charge in [-0.3, -0.25) is 4.79 Å². The topological polar surface area (TPSA) is 17.1 Å². The third kappa shape index (κ3) is 2.42. The molecule has 0 amide bonds. The van der Waals surface area contributed by atoms with Crippen LogP contribution < -0.4 is 0 Å². The van der Waals surface area contributed by atoms with Crippen molar-refractivity contribution in [2.45, 2.75) is 13.3 Å². The highest BCUT2D eigenvalue weighted by Crippen LogP contribution is 2.22. The molecule has 0 N–H and O–H groups in total. The Hall–Kier alpha value is -1.55. The van der Waals surface area contributed by atoms with Crippen LogP contribution in [0, 0.1) is 11.6 Å². The number of carbonyl (C=O) groups excluding carboxylic acids is 1. The van der Waals surface area contributed by atoms with Crippen LogP contribution in [0.25, 0.3) is 0 Å². The number of hydrogen-bond donors (Lipinski definition) is 0. The summed E-state index contributed by atoms with van der Waals surface area (Å²) in [7, 11) is 0. The van der Waals surface area contributed by atoms with E-state index in [0.29, 0.717) is 4.88 Å². The molecule has 0 atom stereocenters. The van der Waals surface area contributed by atoms with Gasteiger partial charge in [-0.15, -0.1) is 11.3 Å². The zero-order chi connectivity index (χ0) is 12.4. The van der Waals surface area contributed by atoms with E-state index in [-0.39, 0.29) is 11.3 Å². The van der Waals surface area contributed by atoms with Crippen LogP contribution in [0.2, 0.25) is 0 Å². The van der Waals surface area contributed by atoms with Crippen LogP contribution in [0.5, 0.6) is 0 Å². The van der Waals surface area contributed by atoms with E-state index >= 15 is 0 Å². The maximum Gasteiger partial charge on any atom is 0.203 e. The summed E-state index contributed by atoms with van der Waals surface area (Å²) in [5.74, 6) is -1.79. The summed E-state index contributed by atoms with van der Waals surface area (Å²) in [6.07, 6.45) is 0.725. The number of carbonyl (C=O) groups is 1. The number of benzene rings is 1.